The Hall–Kier alpha value is -2.11. The van der Waals surface area contributed by atoms with Crippen molar-refractivity contribution in [3.63, 3.8) is 0 Å². The van der Waals surface area contributed by atoms with Gasteiger partial charge in [-0.3, -0.25) is 4.31 Å². The van der Waals surface area contributed by atoms with Gasteiger partial charge in [0.1, 0.15) is 0 Å². The molecule has 0 aliphatic heterocycles. The van der Waals surface area contributed by atoms with E-state index in [1.165, 1.54) is 4.31 Å². The fourth-order valence-electron chi connectivity index (χ4n) is 1.89. The van der Waals surface area contributed by atoms with Crippen molar-refractivity contribution in [1.29, 1.82) is 0 Å². The number of hydrogen-bond acceptors (Lipinski definition) is 3. The SMILES string of the molecule is O=S(=O)(/C=C/c1ccccc1)N(CCO)c1ccccc1. The van der Waals surface area contributed by atoms with Crippen LogP contribution in [0.2, 0.25) is 0 Å². The quantitative estimate of drug-likeness (QED) is 0.892. The summed E-state index contributed by atoms with van der Waals surface area (Å²) >= 11 is 0. The van der Waals surface area contributed by atoms with E-state index in [1.54, 1.807) is 30.3 Å². The summed E-state index contributed by atoms with van der Waals surface area (Å²) in [5, 5.41) is 10.3. The lowest BCUT2D eigenvalue weighted by atomic mass is 10.2. The number of anilines is 1. The van der Waals surface area contributed by atoms with E-state index < -0.39 is 10.0 Å². The molecule has 4 nitrogen and oxygen atoms in total. The number of para-hydroxylation sites is 1. The predicted molar refractivity (Wildman–Crippen MR) is 85.3 cm³/mol. The molecule has 110 valence electrons. The fraction of sp³-hybridized carbons (Fsp3) is 0.125. The van der Waals surface area contributed by atoms with E-state index in [1.807, 2.05) is 36.4 Å². The Balaban J connectivity index is 2.29. The third-order valence-corrected chi connectivity index (χ3v) is 4.37. The summed E-state index contributed by atoms with van der Waals surface area (Å²) < 4.78 is 26.0. The molecule has 2 aromatic rings. The Labute approximate surface area is 125 Å². The van der Waals surface area contributed by atoms with Crippen molar-refractivity contribution >= 4 is 21.8 Å². The molecule has 0 fully saturated rings. The second-order valence-corrected chi connectivity index (χ2v) is 6.13. The highest BCUT2D eigenvalue weighted by atomic mass is 32.2. The maximum atomic E-state index is 12.4. The zero-order chi connectivity index (χ0) is 15.1. The molecule has 0 saturated carbocycles. The molecule has 0 saturated heterocycles. The molecule has 0 bridgehead atoms. The second kappa shape index (κ2) is 7.06. The van der Waals surface area contributed by atoms with Crippen LogP contribution >= 0.6 is 0 Å². The topological polar surface area (TPSA) is 57.6 Å². The predicted octanol–water partition coefficient (Wildman–Crippen LogP) is 2.49. The van der Waals surface area contributed by atoms with Gasteiger partial charge in [0.05, 0.1) is 24.2 Å². The van der Waals surface area contributed by atoms with Gasteiger partial charge in [-0.25, -0.2) is 8.42 Å². The molecular formula is C16H17NO3S. The maximum Gasteiger partial charge on any atom is 0.257 e. The molecule has 0 radical (unpaired) electrons. The van der Waals surface area contributed by atoms with Crippen LogP contribution in [0.4, 0.5) is 5.69 Å². The average molecular weight is 303 g/mol. The number of aliphatic hydroxyl groups excluding tert-OH is 1. The Morgan fingerprint density at radius 3 is 2.10 bits per heavy atom. The zero-order valence-corrected chi connectivity index (χ0v) is 12.3. The number of sulfonamides is 1. The van der Waals surface area contributed by atoms with Gasteiger partial charge in [0.25, 0.3) is 10.0 Å². The van der Waals surface area contributed by atoms with E-state index in [4.69, 9.17) is 5.11 Å². The number of benzene rings is 2. The van der Waals surface area contributed by atoms with E-state index >= 15 is 0 Å². The van der Waals surface area contributed by atoms with Crippen molar-refractivity contribution in [2.45, 2.75) is 0 Å². The van der Waals surface area contributed by atoms with Gasteiger partial charge in [-0.2, -0.15) is 0 Å². The van der Waals surface area contributed by atoms with Crippen LogP contribution in [0.15, 0.2) is 66.1 Å². The Morgan fingerprint density at radius 2 is 1.52 bits per heavy atom. The van der Waals surface area contributed by atoms with Gasteiger partial charge in [-0.05, 0) is 23.8 Å². The molecule has 0 amide bonds. The lowest BCUT2D eigenvalue weighted by molar-refractivity contribution is 0.307. The van der Waals surface area contributed by atoms with Crippen LogP contribution in [0.1, 0.15) is 5.56 Å². The van der Waals surface area contributed by atoms with Crippen LogP contribution in [0.5, 0.6) is 0 Å². The first-order chi connectivity index (χ1) is 10.1. The van der Waals surface area contributed by atoms with Crippen LogP contribution in [0, 0.1) is 0 Å². The minimum Gasteiger partial charge on any atom is -0.394 e. The molecule has 2 rings (SSSR count). The highest BCUT2D eigenvalue weighted by Gasteiger charge is 2.18. The lowest BCUT2D eigenvalue weighted by Gasteiger charge is -2.21. The van der Waals surface area contributed by atoms with Crippen LogP contribution in [0.3, 0.4) is 0 Å². The summed E-state index contributed by atoms with van der Waals surface area (Å²) in [4.78, 5) is 0. The third kappa shape index (κ3) is 4.18. The summed E-state index contributed by atoms with van der Waals surface area (Å²) in [6, 6.07) is 17.9. The van der Waals surface area contributed by atoms with Gasteiger partial charge < -0.3 is 5.11 Å². The molecule has 0 atom stereocenters. The van der Waals surface area contributed by atoms with Crippen LogP contribution in [-0.4, -0.2) is 26.7 Å². The van der Waals surface area contributed by atoms with Crippen molar-refractivity contribution in [2.24, 2.45) is 0 Å². The van der Waals surface area contributed by atoms with E-state index in [0.717, 1.165) is 11.0 Å². The molecule has 21 heavy (non-hydrogen) atoms. The average Bonchev–Trinajstić information content (AvgIpc) is 2.52. The molecule has 0 aliphatic rings. The van der Waals surface area contributed by atoms with E-state index in [2.05, 4.69) is 0 Å². The standard InChI is InChI=1S/C16H17NO3S/c18-13-12-17(16-9-5-2-6-10-16)21(19,20)14-11-15-7-3-1-4-8-15/h1-11,14,18H,12-13H2/b14-11+. The maximum absolute atomic E-state index is 12.4. The molecule has 5 heteroatoms. The van der Waals surface area contributed by atoms with E-state index in [-0.39, 0.29) is 13.2 Å². The molecule has 0 spiro atoms. The van der Waals surface area contributed by atoms with Crippen LogP contribution in [0.25, 0.3) is 6.08 Å². The summed E-state index contributed by atoms with van der Waals surface area (Å²) in [5.41, 5.74) is 1.34. The minimum absolute atomic E-state index is 0.0193. The van der Waals surface area contributed by atoms with Gasteiger partial charge in [-0.1, -0.05) is 48.5 Å². The summed E-state index contributed by atoms with van der Waals surface area (Å²) in [7, 11) is -3.64. The van der Waals surface area contributed by atoms with E-state index in [0.29, 0.717) is 5.69 Å². The van der Waals surface area contributed by atoms with Gasteiger partial charge in [0.2, 0.25) is 0 Å². The van der Waals surface area contributed by atoms with Gasteiger partial charge in [-0.15, -0.1) is 0 Å². The minimum atomic E-state index is -3.64. The van der Waals surface area contributed by atoms with Crippen molar-refractivity contribution < 1.29 is 13.5 Å². The number of rotatable bonds is 6. The lowest BCUT2D eigenvalue weighted by Crippen LogP contribution is -2.31. The Kier molecular flexibility index (Phi) is 5.14. The first-order valence-corrected chi connectivity index (χ1v) is 8.05. The molecule has 0 unspecified atom stereocenters. The van der Waals surface area contributed by atoms with Crippen molar-refractivity contribution in [2.75, 3.05) is 17.5 Å². The van der Waals surface area contributed by atoms with Gasteiger partial charge in [0.15, 0.2) is 0 Å². The number of aliphatic hydroxyl groups is 1. The van der Waals surface area contributed by atoms with Crippen molar-refractivity contribution in [3.8, 4) is 0 Å². The highest BCUT2D eigenvalue weighted by molar-refractivity contribution is 7.95. The molecular weight excluding hydrogens is 286 g/mol. The Bertz CT molecular complexity index is 682. The molecule has 2 aromatic carbocycles. The second-order valence-electron chi connectivity index (χ2n) is 4.39. The summed E-state index contributed by atoms with van der Waals surface area (Å²) in [6.07, 6.45) is 1.54. The van der Waals surface area contributed by atoms with Gasteiger partial charge >= 0.3 is 0 Å². The van der Waals surface area contributed by atoms with Crippen LogP contribution < -0.4 is 4.31 Å². The molecule has 0 heterocycles. The van der Waals surface area contributed by atoms with Crippen LogP contribution in [-0.2, 0) is 10.0 Å². The molecule has 1 N–H and O–H groups in total. The smallest absolute Gasteiger partial charge is 0.257 e. The monoisotopic (exact) mass is 303 g/mol. The molecule has 0 aromatic heterocycles. The zero-order valence-electron chi connectivity index (χ0n) is 11.5. The number of hydrogen-bond donors (Lipinski definition) is 1. The third-order valence-electron chi connectivity index (χ3n) is 2.89. The fourth-order valence-corrected chi connectivity index (χ4v) is 3.12. The van der Waals surface area contributed by atoms with Crippen molar-refractivity contribution in [1.82, 2.24) is 0 Å². The first-order valence-electron chi connectivity index (χ1n) is 6.55. The number of nitrogens with zero attached hydrogens (tertiary/aromatic N) is 1. The highest BCUT2D eigenvalue weighted by Crippen LogP contribution is 2.18. The Morgan fingerprint density at radius 1 is 0.952 bits per heavy atom. The molecule has 0 aliphatic carbocycles. The largest absolute Gasteiger partial charge is 0.394 e. The van der Waals surface area contributed by atoms with Gasteiger partial charge in [0, 0.05) is 0 Å². The normalized spacial score (nSPS) is 11.7. The van der Waals surface area contributed by atoms with E-state index in [9.17, 15) is 8.42 Å². The van der Waals surface area contributed by atoms with Crippen molar-refractivity contribution in [3.05, 3.63) is 71.6 Å². The summed E-state index contributed by atoms with van der Waals surface area (Å²) in [6.45, 7) is -0.223. The first kappa shape index (κ1) is 15.3. The summed E-state index contributed by atoms with van der Waals surface area (Å²) in [5.74, 6) is 0.